The molecule has 2 heterocycles. The first-order chi connectivity index (χ1) is 14.3. The monoisotopic (exact) mass is 429 g/mol. The van der Waals surface area contributed by atoms with Crippen LogP contribution in [0.1, 0.15) is 43.5 Å². The summed E-state index contributed by atoms with van der Waals surface area (Å²) in [7, 11) is 0.201. The van der Waals surface area contributed by atoms with Crippen LogP contribution < -0.4 is 9.47 Å². The van der Waals surface area contributed by atoms with E-state index >= 15 is 0 Å². The van der Waals surface area contributed by atoms with Gasteiger partial charge < -0.3 is 14.5 Å². The molecule has 0 fully saturated rings. The van der Waals surface area contributed by atoms with Crippen molar-refractivity contribution >= 4 is 27.8 Å². The zero-order valence-electron chi connectivity index (χ0n) is 17.9. The molecule has 0 amide bonds. The fraction of sp³-hybridized carbons (Fsp3) is 0.409. The maximum absolute atomic E-state index is 12.9. The van der Waals surface area contributed by atoms with Crippen molar-refractivity contribution in [2.75, 3.05) is 7.11 Å². The number of esters is 1. The van der Waals surface area contributed by atoms with E-state index in [0.717, 1.165) is 23.3 Å². The number of hydrogen-bond donors (Lipinski definition) is 1. The van der Waals surface area contributed by atoms with Crippen LogP contribution in [0.5, 0.6) is 11.5 Å². The summed E-state index contributed by atoms with van der Waals surface area (Å²) in [5, 5.41) is 0.355. The Kier molecular flexibility index (Phi) is 6.87. The van der Waals surface area contributed by atoms with Crippen LogP contribution in [0.3, 0.4) is 0 Å². The lowest BCUT2D eigenvalue weighted by molar-refractivity contribution is -0.135. The largest absolute Gasteiger partial charge is 0.496 e. The van der Waals surface area contributed by atoms with Gasteiger partial charge in [0.1, 0.15) is 11.5 Å². The third-order valence-electron chi connectivity index (χ3n) is 5.11. The number of nitrogens with one attached hydrogen (secondary N) is 1. The summed E-state index contributed by atoms with van der Waals surface area (Å²) in [4.78, 5) is 23.9. The highest BCUT2D eigenvalue weighted by Crippen LogP contribution is 2.26. The van der Waals surface area contributed by atoms with Gasteiger partial charge in [0.2, 0.25) is 0 Å². The highest BCUT2D eigenvalue weighted by atomic mass is 32.2. The second-order valence-electron chi connectivity index (χ2n) is 7.45. The first kappa shape index (κ1) is 22.0. The molecule has 2 unspecified atom stereocenters. The Morgan fingerprint density at radius 1 is 1.30 bits per heavy atom. The third-order valence-corrected chi connectivity index (χ3v) is 6.27. The number of imidazole rings is 1. The van der Waals surface area contributed by atoms with Gasteiger partial charge in [0.25, 0.3) is 0 Å². The van der Waals surface area contributed by atoms with Gasteiger partial charge in [0.15, 0.2) is 5.16 Å². The number of ether oxygens (including phenoxy) is 2. The van der Waals surface area contributed by atoms with E-state index in [1.165, 1.54) is 0 Å². The number of hydrogen-bond acceptors (Lipinski definition) is 6. The Bertz CT molecular complexity index is 1090. The minimum atomic E-state index is -1.41. The molecule has 0 saturated carbocycles. The van der Waals surface area contributed by atoms with Crippen molar-refractivity contribution in [1.82, 2.24) is 15.0 Å². The molecule has 3 rings (SSSR count). The van der Waals surface area contributed by atoms with Gasteiger partial charge in [0.05, 0.1) is 40.4 Å². The highest BCUT2D eigenvalue weighted by Gasteiger charge is 2.17. The summed E-state index contributed by atoms with van der Waals surface area (Å²) in [6.07, 6.45) is 3.02. The standard InChI is InChI=1S/C22H27N3O4S/c1-6-13(2)9-20(26)29-16-7-8-17-18(10-16)25-22(24-17)30(27)12-19-15(4)21(28-5)14(3)11-23-19/h7-8,10-11,13H,6,9,12H2,1-5H3,(H,24,25). The van der Waals surface area contributed by atoms with E-state index in [2.05, 4.69) is 15.0 Å². The average Bonchev–Trinajstić information content (AvgIpc) is 3.14. The number of aromatic nitrogens is 3. The minimum Gasteiger partial charge on any atom is -0.496 e. The molecule has 0 bridgehead atoms. The minimum absolute atomic E-state index is 0.221. The zero-order chi connectivity index (χ0) is 21.8. The summed E-state index contributed by atoms with van der Waals surface area (Å²) in [6.45, 7) is 7.89. The van der Waals surface area contributed by atoms with Crippen LogP contribution in [-0.2, 0) is 21.3 Å². The van der Waals surface area contributed by atoms with Gasteiger partial charge in [-0.05, 0) is 31.9 Å². The first-order valence-corrected chi connectivity index (χ1v) is 11.2. The van der Waals surface area contributed by atoms with E-state index in [-0.39, 0.29) is 17.6 Å². The van der Waals surface area contributed by atoms with E-state index in [1.807, 2.05) is 27.7 Å². The quantitative estimate of drug-likeness (QED) is 0.425. The number of carbonyl (C=O) groups is 1. The lowest BCUT2D eigenvalue weighted by atomic mass is 10.1. The molecule has 160 valence electrons. The smallest absolute Gasteiger partial charge is 0.311 e. The molecule has 2 atom stereocenters. The Morgan fingerprint density at radius 2 is 2.07 bits per heavy atom. The highest BCUT2D eigenvalue weighted by molar-refractivity contribution is 7.84. The molecule has 3 aromatic rings. The van der Waals surface area contributed by atoms with Gasteiger partial charge in [-0.15, -0.1) is 0 Å². The average molecular weight is 430 g/mol. The first-order valence-electron chi connectivity index (χ1n) is 9.90. The number of methoxy groups -OCH3 is 1. The van der Waals surface area contributed by atoms with Crippen molar-refractivity contribution in [1.29, 1.82) is 0 Å². The number of H-pyrrole nitrogens is 1. The van der Waals surface area contributed by atoms with E-state index in [0.29, 0.717) is 34.1 Å². The third kappa shape index (κ3) is 4.87. The number of aryl methyl sites for hydroxylation is 1. The topological polar surface area (TPSA) is 94.2 Å². The van der Waals surface area contributed by atoms with Crippen molar-refractivity contribution in [2.24, 2.45) is 5.92 Å². The number of rotatable bonds is 8. The molecular weight excluding hydrogens is 402 g/mol. The van der Waals surface area contributed by atoms with Crippen molar-refractivity contribution in [3.8, 4) is 11.5 Å². The molecule has 8 heteroatoms. The van der Waals surface area contributed by atoms with Crippen LogP contribution in [0, 0.1) is 19.8 Å². The Balaban J connectivity index is 1.77. The molecule has 1 aromatic carbocycles. The van der Waals surface area contributed by atoms with Gasteiger partial charge in [-0.1, -0.05) is 20.3 Å². The Morgan fingerprint density at radius 3 is 2.77 bits per heavy atom. The fourth-order valence-corrected chi connectivity index (χ4v) is 4.25. The van der Waals surface area contributed by atoms with Gasteiger partial charge in [-0.2, -0.15) is 0 Å². The number of nitrogens with zero attached hydrogens (tertiary/aromatic N) is 2. The molecule has 30 heavy (non-hydrogen) atoms. The molecule has 1 N–H and O–H groups in total. The van der Waals surface area contributed by atoms with Crippen LogP contribution in [0.2, 0.25) is 0 Å². The predicted octanol–water partition coefficient (Wildman–Crippen LogP) is 4.23. The Hall–Kier alpha value is -2.74. The summed E-state index contributed by atoms with van der Waals surface area (Å²) in [5.74, 6) is 1.43. The molecule has 7 nitrogen and oxygen atoms in total. The summed E-state index contributed by atoms with van der Waals surface area (Å²) in [6, 6.07) is 5.15. The van der Waals surface area contributed by atoms with Crippen LogP contribution >= 0.6 is 0 Å². The maximum Gasteiger partial charge on any atom is 0.311 e. The van der Waals surface area contributed by atoms with Crippen LogP contribution in [0.4, 0.5) is 0 Å². The normalized spacial score (nSPS) is 13.2. The van der Waals surface area contributed by atoms with Crippen LogP contribution in [-0.4, -0.2) is 32.2 Å². The number of fused-ring (bicyclic) bond motifs is 1. The maximum atomic E-state index is 12.9. The number of carbonyl (C=O) groups excluding carboxylic acids is 1. The van der Waals surface area contributed by atoms with Gasteiger partial charge in [-0.25, -0.2) is 4.98 Å². The second-order valence-corrected chi connectivity index (χ2v) is 8.81. The Labute approximate surface area is 178 Å². The van der Waals surface area contributed by atoms with Gasteiger partial charge >= 0.3 is 5.97 Å². The summed E-state index contributed by atoms with van der Waals surface area (Å²) in [5.41, 5.74) is 3.83. The van der Waals surface area contributed by atoms with E-state index in [9.17, 15) is 9.00 Å². The van der Waals surface area contributed by atoms with E-state index in [4.69, 9.17) is 9.47 Å². The van der Waals surface area contributed by atoms with Crippen molar-refractivity contribution in [2.45, 2.75) is 51.4 Å². The molecule has 0 radical (unpaired) electrons. The zero-order valence-corrected chi connectivity index (χ0v) is 18.8. The predicted molar refractivity (Wildman–Crippen MR) is 116 cm³/mol. The van der Waals surface area contributed by atoms with E-state index in [1.54, 1.807) is 31.5 Å². The molecule has 0 saturated heterocycles. The molecule has 0 aliphatic rings. The van der Waals surface area contributed by atoms with Crippen molar-refractivity contribution < 1.29 is 18.5 Å². The summed E-state index contributed by atoms with van der Waals surface area (Å²) < 4.78 is 23.7. The number of aromatic amines is 1. The van der Waals surface area contributed by atoms with Crippen molar-refractivity contribution in [3.05, 3.63) is 41.2 Å². The van der Waals surface area contributed by atoms with Gasteiger partial charge in [-0.3, -0.25) is 14.0 Å². The van der Waals surface area contributed by atoms with Crippen molar-refractivity contribution in [3.63, 3.8) is 0 Å². The lowest BCUT2D eigenvalue weighted by Gasteiger charge is -2.11. The molecule has 0 spiro atoms. The number of benzene rings is 1. The van der Waals surface area contributed by atoms with E-state index < -0.39 is 10.8 Å². The molecular formula is C22H27N3O4S. The van der Waals surface area contributed by atoms with Crippen LogP contribution in [0.25, 0.3) is 11.0 Å². The second kappa shape index (κ2) is 9.38. The molecule has 0 aliphatic carbocycles. The van der Waals surface area contributed by atoms with Gasteiger partial charge in [0, 0.05) is 29.8 Å². The summed E-state index contributed by atoms with van der Waals surface area (Å²) >= 11 is 0. The van der Waals surface area contributed by atoms with Crippen LogP contribution in [0.15, 0.2) is 29.6 Å². The lowest BCUT2D eigenvalue weighted by Crippen LogP contribution is -2.11. The molecule has 2 aromatic heterocycles. The molecule has 0 aliphatic heterocycles. The number of pyridine rings is 1. The fourth-order valence-electron chi connectivity index (χ4n) is 3.15. The SMILES string of the molecule is CCC(C)CC(=O)Oc1ccc2nc(S(=O)Cc3ncc(C)c(OC)c3C)[nH]c2c1.